The molecule has 0 saturated heterocycles. The molecule has 18 heavy (non-hydrogen) atoms. The van der Waals surface area contributed by atoms with Gasteiger partial charge in [0.2, 0.25) is 0 Å². The number of rotatable bonds is 2. The number of hydrogen-bond donors (Lipinski definition) is 1. The van der Waals surface area contributed by atoms with Crippen LogP contribution in [0.1, 0.15) is 6.42 Å². The fraction of sp³-hybridized carbons (Fsp3) is 0.500. The molecule has 4 fully saturated rings. The molecule has 0 aromatic heterocycles. The van der Waals surface area contributed by atoms with E-state index < -0.39 is 12.3 Å². The number of benzene rings is 1. The van der Waals surface area contributed by atoms with Crippen molar-refractivity contribution in [2.75, 3.05) is 5.32 Å². The summed E-state index contributed by atoms with van der Waals surface area (Å²) in [5, 5.41) is 2.68. The van der Waals surface area contributed by atoms with E-state index >= 15 is 0 Å². The Labute approximate surface area is 104 Å². The maximum atomic E-state index is 13.7. The van der Waals surface area contributed by atoms with Crippen LogP contribution in [0, 0.1) is 23.7 Å². The molecule has 4 heteroatoms. The highest BCUT2D eigenvalue weighted by Gasteiger charge is 2.75. The van der Waals surface area contributed by atoms with Gasteiger partial charge in [0.25, 0.3) is 0 Å². The van der Waals surface area contributed by atoms with Crippen molar-refractivity contribution in [3.8, 4) is 0 Å². The highest BCUT2D eigenvalue weighted by molar-refractivity contribution is 5.84. The first-order valence-corrected chi connectivity index (χ1v) is 6.42. The zero-order valence-electron chi connectivity index (χ0n) is 9.75. The normalized spacial score (nSPS) is 42.7. The van der Waals surface area contributed by atoms with Crippen molar-refractivity contribution in [3.05, 3.63) is 30.3 Å². The topological polar surface area (TPSA) is 38.3 Å². The molecule has 6 atom stereocenters. The molecule has 0 radical (unpaired) electrons. The molecule has 4 bridgehead atoms. The van der Waals surface area contributed by atoms with E-state index in [0.717, 1.165) is 6.42 Å². The van der Waals surface area contributed by atoms with Gasteiger partial charge in [0, 0.05) is 23.4 Å². The second kappa shape index (κ2) is 3.46. The number of alkyl halides is 1. The standard InChI is InChI=1S/C14H14FNO2/c15-12-9-6-8-10(12)11(8)13(9)18-14(17)16-7-4-2-1-3-5-7/h1-5,8-13H,6H2,(H,16,17)/t8-,9+,10?,11?,12+,13+/m1/s1. The first kappa shape index (κ1) is 10.4. The molecule has 4 aliphatic rings. The quantitative estimate of drug-likeness (QED) is 0.872. The lowest BCUT2D eigenvalue weighted by molar-refractivity contribution is 0.0752. The molecule has 0 spiro atoms. The van der Waals surface area contributed by atoms with E-state index in [0.29, 0.717) is 17.5 Å². The lowest BCUT2D eigenvalue weighted by Crippen LogP contribution is -2.27. The Bertz CT molecular complexity index is 492. The van der Waals surface area contributed by atoms with Gasteiger partial charge in [0.1, 0.15) is 12.3 Å². The van der Waals surface area contributed by atoms with Crippen molar-refractivity contribution >= 4 is 11.8 Å². The number of carbonyl (C=O) groups excluding carboxylic acids is 1. The molecule has 3 nitrogen and oxygen atoms in total. The predicted octanol–water partition coefficient (Wildman–Crippen LogP) is 2.84. The summed E-state index contributed by atoms with van der Waals surface area (Å²) in [6.45, 7) is 0. The van der Waals surface area contributed by atoms with Gasteiger partial charge in [0.05, 0.1) is 0 Å². The lowest BCUT2D eigenvalue weighted by Gasteiger charge is -2.17. The van der Waals surface area contributed by atoms with Crippen LogP contribution in [0.2, 0.25) is 0 Å². The van der Waals surface area contributed by atoms with Gasteiger partial charge >= 0.3 is 6.09 Å². The van der Waals surface area contributed by atoms with Crippen molar-refractivity contribution in [1.29, 1.82) is 0 Å². The van der Waals surface area contributed by atoms with Crippen molar-refractivity contribution in [3.63, 3.8) is 0 Å². The Kier molecular flexibility index (Phi) is 1.99. The van der Waals surface area contributed by atoms with Crippen molar-refractivity contribution in [1.82, 2.24) is 0 Å². The van der Waals surface area contributed by atoms with Crippen LogP contribution >= 0.6 is 0 Å². The summed E-state index contributed by atoms with van der Waals surface area (Å²) in [6.07, 6.45) is -0.496. The highest BCUT2D eigenvalue weighted by atomic mass is 19.1. The van der Waals surface area contributed by atoms with Gasteiger partial charge in [-0.25, -0.2) is 9.18 Å². The number of anilines is 1. The van der Waals surface area contributed by atoms with Gasteiger partial charge in [0.15, 0.2) is 0 Å². The van der Waals surface area contributed by atoms with Gasteiger partial charge in [-0.05, 0) is 24.5 Å². The molecule has 2 unspecified atom stereocenters. The largest absolute Gasteiger partial charge is 0.445 e. The van der Waals surface area contributed by atoms with Gasteiger partial charge in [-0.2, -0.15) is 0 Å². The Hall–Kier alpha value is -1.58. The number of carbonyl (C=O) groups is 1. The second-order valence-electron chi connectivity index (χ2n) is 5.52. The molecule has 94 valence electrons. The van der Waals surface area contributed by atoms with Gasteiger partial charge in [-0.3, -0.25) is 5.32 Å². The molecule has 5 rings (SSSR count). The molecule has 1 N–H and O–H groups in total. The smallest absolute Gasteiger partial charge is 0.411 e. The van der Waals surface area contributed by atoms with Crippen LogP contribution in [-0.2, 0) is 4.74 Å². The minimum atomic E-state index is -0.741. The van der Waals surface area contributed by atoms with Crippen LogP contribution in [-0.4, -0.2) is 18.4 Å². The van der Waals surface area contributed by atoms with Crippen molar-refractivity contribution in [2.45, 2.75) is 18.7 Å². The van der Waals surface area contributed by atoms with E-state index in [1.165, 1.54) is 0 Å². The zero-order chi connectivity index (χ0) is 12.3. The molecular formula is C14H14FNO2. The molecule has 4 aliphatic carbocycles. The molecule has 4 saturated carbocycles. The molecule has 1 aromatic rings. The third-order valence-corrected chi connectivity index (χ3v) is 4.68. The average molecular weight is 247 g/mol. The SMILES string of the molecule is O=C(Nc1ccccc1)O[C@@H]1C2C3[C@H]2C[C@H]1[C@@H]3F. The summed E-state index contributed by atoms with van der Waals surface area (Å²) >= 11 is 0. The van der Waals surface area contributed by atoms with Crippen molar-refractivity contribution in [2.24, 2.45) is 23.7 Å². The van der Waals surface area contributed by atoms with Crippen LogP contribution in [0.3, 0.4) is 0 Å². The van der Waals surface area contributed by atoms with E-state index in [2.05, 4.69) is 5.32 Å². The van der Waals surface area contributed by atoms with Crippen LogP contribution < -0.4 is 5.32 Å². The van der Waals surface area contributed by atoms with Gasteiger partial charge in [-0.1, -0.05) is 18.2 Å². The first-order chi connectivity index (χ1) is 8.75. The summed E-state index contributed by atoms with van der Waals surface area (Å²) in [5.74, 6) is 0.919. The fourth-order valence-corrected chi connectivity index (χ4v) is 3.94. The zero-order valence-corrected chi connectivity index (χ0v) is 9.75. The van der Waals surface area contributed by atoms with E-state index in [-0.39, 0.29) is 17.9 Å². The Morgan fingerprint density at radius 2 is 2.00 bits per heavy atom. The minimum absolute atomic E-state index is 0.0495. The number of hydrogen-bond acceptors (Lipinski definition) is 2. The van der Waals surface area contributed by atoms with Gasteiger partial charge in [-0.15, -0.1) is 0 Å². The monoisotopic (exact) mass is 247 g/mol. The molecular weight excluding hydrogens is 233 g/mol. The molecule has 0 aliphatic heterocycles. The number of para-hydroxylation sites is 1. The molecule has 1 amide bonds. The van der Waals surface area contributed by atoms with Crippen LogP contribution in [0.5, 0.6) is 0 Å². The first-order valence-electron chi connectivity index (χ1n) is 6.42. The summed E-state index contributed by atoms with van der Waals surface area (Å²) < 4.78 is 19.1. The third kappa shape index (κ3) is 1.32. The third-order valence-electron chi connectivity index (χ3n) is 4.68. The van der Waals surface area contributed by atoms with Gasteiger partial charge < -0.3 is 4.74 Å². The minimum Gasteiger partial charge on any atom is -0.445 e. The molecule has 1 aromatic carbocycles. The van der Waals surface area contributed by atoms with E-state index in [1.54, 1.807) is 12.1 Å². The van der Waals surface area contributed by atoms with Crippen LogP contribution in [0.25, 0.3) is 0 Å². The Balaban J connectivity index is 1.40. The Morgan fingerprint density at radius 3 is 2.56 bits per heavy atom. The highest BCUT2D eigenvalue weighted by Crippen LogP contribution is 2.72. The summed E-state index contributed by atoms with van der Waals surface area (Å²) in [5.41, 5.74) is 0.706. The second-order valence-corrected chi connectivity index (χ2v) is 5.52. The van der Waals surface area contributed by atoms with E-state index in [1.807, 2.05) is 18.2 Å². The van der Waals surface area contributed by atoms with E-state index in [4.69, 9.17) is 4.74 Å². The molecule has 0 heterocycles. The van der Waals surface area contributed by atoms with Crippen molar-refractivity contribution < 1.29 is 13.9 Å². The summed E-state index contributed by atoms with van der Waals surface area (Å²) in [7, 11) is 0. The average Bonchev–Trinajstić information content (AvgIpc) is 2.69. The van der Waals surface area contributed by atoms with Crippen LogP contribution in [0.4, 0.5) is 14.9 Å². The number of nitrogens with one attached hydrogen (secondary N) is 1. The summed E-state index contributed by atoms with van der Waals surface area (Å²) in [4.78, 5) is 11.7. The Morgan fingerprint density at radius 1 is 1.22 bits per heavy atom. The maximum Gasteiger partial charge on any atom is 0.411 e. The number of amides is 1. The maximum absolute atomic E-state index is 13.7. The predicted molar refractivity (Wildman–Crippen MR) is 63.8 cm³/mol. The number of halogens is 1. The lowest BCUT2D eigenvalue weighted by atomic mass is 10.1. The fourth-order valence-electron chi connectivity index (χ4n) is 3.94. The number of ether oxygens (including phenoxy) is 1. The van der Waals surface area contributed by atoms with Crippen LogP contribution in [0.15, 0.2) is 30.3 Å². The summed E-state index contributed by atoms with van der Waals surface area (Å²) in [6, 6.07) is 9.17. The van der Waals surface area contributed by atoms with E-state index in [9.17, 15) is 9.18 Å².